The summed E-state index contributed by atoms with van der Waals surface area (Å²) in [6, 6.07) is 5.04. The fourth-order valence-corrected chi connectivity index (χ4v) is 1.82. The van der Waals surface area contributed by atoms with Gasteiger partial charge in [-0.15, -0.1) is 0 Å². The highest BCUT2D eigenvalue weighted by Gasteiger charge is 2.07. The van der Waals surface area contributed by atoms with Crippen LogP contribution in [0.4, 0.5) is 11.4 Å². The van der Waals surface area contributed by atoms with E-state index in [9.17, 15) is 4.79 Å². The molecule has 0 fully saturated rings. The van der Waals surface area contributed by atoms with Gasteiger partial charge >= 0.3 is 0 Å². The molecule has 0 atom stereocenters. The molecule has 0 heterocycles. The zero-order valence-electron chi connectivity index (χ0n) is 10.9. The van der Waals surface area contributed by atoms with Crippen molar-refractivity contribution in [2.24, 2.45) is 0 Å². The Bertz CT molecular complexity index is 405. The first-order chi connectivity index (χ1) is 8.56. The molecule has 1 rings (SSSR count). The summed E-state index contributed by atoms with van der Waals surface area (Å²) >= 11 is 5.86. The van der Waals surface area contributed by atoms with E-state index in [4.69, 9.17) is 17.3 Å². The Morgan fingerprint density at radius 2 is 2.06 bits per heavy atom. The second-order valence-electron chi connectivity index (χ2n) is 4.06. The van der Waals surface area contributed by atoms with Gasteiger partial charge in [-0.3, -0.25) is 4.79 Å². The zero-order valence-corrected chi connectivity index (χ0v) is 11.6. The molecule has 0 saturated heterocycles. The first-order valence-electron chi connectivity index (χ1n) is 6.14. The number of carbonyl (C=O) groups is 1. The lowest BCUT2D eigenvalue weighted by Gasteiger charge is -2.17. The molecule has 0 bridgehead atoms. The molecule has 4 nitrogen and oxygen atoms in total. The van der Waals surface area contributed by atoms with Crippen molar-refractivity contribution in [1.82, 2.24) is 4.90 Å². The lowest BCUT2D eigenvalue weighted by Crippen LogP contribution is -2.27. The molecule has 3 N–H and O–H groups in total. The van der Waals surface area contributed by atoms with Gasteiger partial charge in [0.2, 0.25) is 5.91 Å². The summed E-state index contributed by atoms with van der Waals surface area (Å²) in [7, 11) is 0. The summed E-state index contributed by atoms with van der Waals surface area (Å²) < 4.78 is 0. The number of halogens is 1. The van der Waals surface area contributed by atoms with Crippen molar-refractivity contribution in [3.63, 3.8) is 0 Å². The Labute approximate surface area is 113 Å². The molecule has 0 aliphatic heterocycles. The molecule has 1 aromatic carbocycles. The van der Waals surface area contributed by atoms with E-state index >= 15 is 0 Å². The molecular weight excluding hydrogens is 250 g/mol. The molecule has 0 aliphatic carbocycles. The van der Waals surface area contributed by atoms with Gasteiger partial charge in [0.15, 0.2) is 0 Å². The third-order valence-electron chi connectivity index (χ3n) is 2.84. The number of hydrogen-bond acceptors (Lipinski definition) is 3. The van der Waals surface area contributed by atoms with E-state index in [-0.39, 0.29) is 5.91 Å². The van der Waals surface area contributed by atoms with Gasteiger partial charge in [-0.25, -0.2) is 0 Å². The largest absolute Gasteiger partial charge is 0.397 e. The predicted molar refractivity (Wildman–Crippen MR) is 76.9 cm³/mol. The number of anilines is 2. The molecule has 0 aliphatic rings. The molecule has 5 heteroatoms. The SMILES string of the molecule is CCN(CC)CCC(=O)Nc1cc(Cl)ccc1N. The Hall–Kier alpha value is -1.26. The number of amides is 1. The minimum absolute atomic E-state index is 0.0455. The summed E-state index contributed by atoms with van der Waals surface area (Å²) in [4.78, 5) is 14.0. The Morgan fingerprint density at radius 1 is 1.39 bits per heavy atom. The maximum Gasteiger partial charge on any atom is 0.225 e. The van der Waals surface area contributed by atoms with E-state index in [2.05, 4.69) is 24.1 Å². The molecule has 1 aromatic rings. The van der Waals surface area contributed by atoms with Crippen molar-refractivity contribution in [2.75, 3.05) is 30.7 Å². The smallest absolute Gasteiger partial charge is 0.225 e. The van der Waals surface area contributed by atoms with Gasteiger partial charge in [-0.05, 0) is 31.3 Å². The number of nitrogens with one attached hydrogen (secondary N) is 1. The van der Waals surface area contributed by atoms with Gasteiger partial charge in [0.25, 0.3) is 0 Å². The standard InChI is InChI=1S/C13H20ClN3O/c1-3-17(4-2)8-7-13(18)16-12-9-10(14)5-6-11(12)15/h5-6,9H,3-4,7-8,15H2,1-2H3,(H,16,18). The Balaban J connectivity index is 2.51. The van der Waals surface area contributed by atoms with Crippen LogP contribution in [-0.4, -0.2) is 30.4 Å². The maximum atomic E-state index is 11.8. The Morgan fingerprint density at radius 3 is 2.67 bits per heavy atom. The Kier molecular flexibility index (Phi) is 5.95. The quantitative estimate of drug-likeness (QED) is 0.781. The zero-order chi connectivity index (χ0) is 13.5. The van der Waals surface area contributed by atoms with Crippen LogP contribution in [0.5, 0.6) is 0 Å². The van der Waals surface area contributed by atoms with Crippen LogP contribution in [0.3, 0.4) is 0 Å². The minimum Gasteiger partial charge on any atom is -0.397 e. The van der Waals surface area contributed by atoms with E-state index in [1.807, 2.05) is 0 Å². The average Bonchev–Trinajstić information content (AvgIpc) is 2.35. The number of nitrogens with zero attached hydrogens (tertiary/aromatic N) is 1. The van der Waals surface area contributed by atoms with Crippen molar-refractivity contribution in [3.8, 4) is 0 Å². The van der Waals surface area contributed by atoms with E-state index in [1.165, 1.54) is 0 Å². The molecule has 0 aromatic heterocycles. The number of rotatable bonds is 6. The van der Waals surface area contributed by atoms with Gasteiger partial charge < -0.3 is 16.0 Å². The van der Waals surface area contributed by atoms with Crippen LogP contribution in [0.1, 0.15) is 20.3 Å². The minimum atomic E-state index is -0.0455. The topological polar surface area (TPSA) is 58.4 Å². The number of hydrogen-bond donors (Lipinski definition) is 2. The van der Waals surface area contributed by atoms with Crippen molar-refractivity contribution in [1.29, 1.82) is 0 Å². The number of carbonyl (C=O) groups excluding carboxylic acids is 1. The summed E-state index contributed by atoms with van der Waals surface area (Å²) in [6.07, 6.45) is 0.452. The molecule has 1 amide bonds. The number of nitrogens with two attached hydrogens (primary N) is 1. The van der Waals surface area contributed by atoms with Gasteiger partial charge in [0.1, 0.15) is 0 Å². The van der Waals surface area contributed by atoms with Gasteiger partial charge in [-0.1, -0.05) is 25.4 Å². The second-order valence-corrected chi connectivity index (χ2v) is 4.49. The van der Waals surface area contributed by atoms with E-state index < -0.39 is 0 Å². The van der Waals surface area contributed by atoms with Crippen LogP contribution in [0.2, 0.25) is 5.02 Å². The van der Waals surface area contributed by atoms with Gasteiger partial charge in [0, 0.05) is 18.0 Å². The van der Waals surface area contributed by atoms with E-state index in [0.717, 1.165) is 19.6 Å². The summed E-state index contributed by atoms with van der Waals surface area (Å²) in [6.45, 7) is 6.80. The van der Waals surface area contributed by atoms with Crippen molar-refractivity contribution < 1.29 is 4.79 Å². The fraction of sp³-hybridized carbons (Fsp3) is 0.462. The molecule has 18 heavy (non-hydrogen) atoms. The summed E-state index contributed by atoms with van der Waals surface area (Å²) in [5, 5.41) is 3.34. The summed E-state index contributed by atoms with van der Waals surface area (Å²) in [5.41, 5.74) is 6.86. The second kappa shape index (κ2) is 7.24. The van der Waals surface area contributed by atoms with Crippen molar-refractivity contribution in [2.45, 2.75) is 20.3 Å². The lowest BCUT2D eigenvalue weighted by molar-refractivity contribution is -0.116. The van der Waals surface area contributed by atoms with Crippen LogP contribution in [0.25, 0.3) is 0 Å². The molecule has 0 unspecified atom stereocenters. The first-order valence-corrected chi connectivity index (χ1v) is 6.51. The van der Waals surface area contributed by atoms with Gasteiger partial charge in [-0.2, -0.15) is 0 Å². The van der Waals surface area contributed by atoms with Crippen LogP contribution in [0.15, 0.2) is 18.2 Å². The van der Waals surface area contributed by atoms with Crippen molar-refractivity contribution >= 4 is 28.9 Å². The molecule has 100 valence electrons. The van der Waals surface area contributed by atoms with Crippen LogP contribution in [0, 0.1) is 0 Å². The highest BCUT2D eigenvalue weighted by molar-refractivity contribution is 6.31. The highest BCUT2D eigenvalue weighted by Crippen LogP contribution is 2.22. The lowest BCUT2D eigenvalue weighted by atomic mass is 10.2. The monoisotopic (exact) mass is 269 g/mol. The maximum absolute atomic E-state index is 11.8. The number of benzene rings is 1. The molecule has 0 spiro atoms. The predicted octanol–water partition coefficient (Wildman–Crippen LogP) is 2.59. The van der Waals surface area contributed by atoms with Crippen molar-refractivity contribution in [3.05, 3.63) is 23.2 Å². The molecule has 0 saturated carbocycles. The van der Waals surface area contributed by atoms with E-state index in [0.29, 0.717) is 22.8 Å². The third-order valence-corrected chi connectivity index (χ3v) is 3.07. The summed E-state index contributed by atoms with van der Waals surface area (Å²) in [5.74, 6) is -0.0455. The fourth-order valence-electron chi connectivity index (χ4n) is 1.65. The normalized spacial score (nSPS) is 10.7. The van der Waals surface area contributed by atoms with E-state index in [1.54, 1.807) is 18.2 Å². The molecule has 0 radical (unpaired) electrons. The van der Waals surface area contributed by atoms with Crippen LogP contribution >= 0.6 is 11.6 Å². The first kappa shape index (κ1) is 14.8. The molecular formula is C13H20ClN3O. The third kappa shape index (κ3) is 4.55. The number of nitrogen functional groups attached to an aromatic ring is 1. The van der Waals surface area contributed by atoms with Crippen LogP contribution in [-0.2, 0) is 4.79 Å². The average molecular weight is 270 g/mol. The van der Waals surface area contributed by atoms with Crippen LogP contribution < -0.4 is 11.1 Å². The highest BCUT2D eigenvalue weighted by atomic mass is 35.5. The van der Waals surface area contributed by atoms with Gasteiger partial charge in [0.05, 0.1) is 11.4 Å².